The van der Waals surface area contributed by atoms with Crippen LogP contribution in [0, 0.1) is 17.2 Å². The largest absolute Gasteiger partial charge is 0.393 e. The summed E-state index contributed by atoms with van der Waals surface area (Å²) in [4.78, 5) is 14.6. The molecule has 0 bridgehead atoms. The number of amides is 1. The molecule has 5 heteroatoms. The van der Waals surface area contributed by atoms with Gasteiger partial charge in [0.15, 0.2) is 0 Å². The van der Waals surface area contributed by atoms with Crippen LogP contribution in [-0.4, -0.2) is 41.1 Å². The molecule has 3 atom stereocenters. The summed E-state index contributed by atoms with van der Waals surface area (Å²) in [5, 5.41) is 22.1. The Labute approximate surface area is 149 Å². The highest BCUT2D eigenvalue weighted by Gasteiger charge is 2.37. The summed E-state index contributed by atoms with van der Waals surface area (Å²) in [6, 6.07) is 9.71. The van der Waals surface area contributed by atoms with E-state index in [1.54, 1.807) is 12.1 Å². The van der Waals surface area contributed by atoms with Crippen LogP contribution in [0.15, 0.2) is 24.3 Å². The summed E-state index contributed by atoms with van der Waals surface area (Å²) >= 11 is 0. The van der Waals surface area contributed by atoms with E-state index in [2.05, 4.69) is 16.3 Å². The number of aliphatic hydroxyl groups excluding tert-OH is 1. The minimum absolute atomic E-state index is 0.0292. The minimum Gasteiger partial charge on any atom is -0.393 e. The molecule has 2 fully saturated rings. The van der Waals surface area contributed by atoms with Crippen molar-refractivity contribution < 1.29 is 9.90 Å². The van der Waals surface area contributed by atoms with Gasteiger partial charge in [-0.25, -0.2) is 0 Å². The van der Waals surface area contributed by atoms with Crippen molar-refractivity contribution in [3.05, 3.63) is 35.4 Å². The molecule has 0 radical (unpaired) electrons. The van der Waals surface area contributed by atoms with E-state index < -0.39 is 0 Å². The molecule has 3 rings (SSSR count). The lowest BCUT2D eigenvalue weighted by Crippen LogP contribution is -2.46. The van der Waals surface area contributed by atoms with Crippen LogP contribution in [0.1, 0.15) is 49.7 Å². The van der Waals surface area contributed by atoms with Crippen LogP contribution in [0.4, 0.5) is 0 Å². The Morgan fingerprint density at radius 3 is 2.68 bits per heavy atom. The van der Waals surface area contributed by atoms with Gasteiger partial charge in [0.1, 0.15) is 0 Å². The topological polar surface area (TPSA) is 76.4 Å². The third-order valence-corrected chi connectivity index (χ3v) is 5.61. The number of carbonyl (C=O) groups excluding carboxylic acids is 1. The van der Waals surface area contributed by atoms with Crippen LogP contribution in [0.3, 0.4) is 0 Å². The highest BCUT2D eigenvalue weighted by atomic mass is 16.3. The van der Waals surface area contributed by atoms with Crippen LogP contribution >= 0.6 is 0 Å². The zero-order valence-electron chi connectivity index (χ0n) is 14.7. The third-order valence-electron chi connectivity index (χ3n) is 5.61. The molecule has 5 nitrogen and oxygen atoms in total. The Balaban J connectivity index is 1.50. The minimum atomic E-state index is -0.207. The van der Waals surface area contributed by atoms with Gasteiger partial charge in [0, 0.05) is 18.5 Å². The summed E-state index contributed by atoms with van der Waals surface area (Å²) < 4.78 is 0. The van der Waals surface area contributed by atoms with E-state index in [1.807, 2.05) is 12.1 Å². The molecular formula is C20H27N3O2. The van der Waals surface area contributed by atoms with E-state index in [-0.39, 0.29) is 12.0 Å². The smallest absolute Gasteiger partial charge is 0.234 e. The molecule has 1 aliphatic heterocycles. The van der Waals surface area contributed by atoms with Gasteiger partial charge in [-0.05, 0) is 49.9 Å². The second kappa shape index (κ2) is 8.46. The van der Waals surface area contributed by atoms with Gasteiger partial charge in [-0.1, -0.05) is 25.0 Å². The second-order valence-electron chi connectivity index (χ2n) is 7.28. The number of nitrogens with one attached hydrogen (secondary N) is 1. The number of hydrogen-bond acceptors (Lipinski definition) is 4. The Hall–Kier alpha value is -1.90. The van der Waals surface area contributed by atoms with E-state index in [4.69, 9.17) is 5.26 Å². The Morgan fingerprint density at radius 2 is 1.96 bits per heavy atom. The van der Waals surface area contributed by atoms with Gasteiger partial charge < -0.3 is 10.4 Å². The van der Waals surface area contributed by atoms with Crippen molar-refractivity contribution in [1.82, 2.24) is 10.2 Å². The second-order valence-corrected chi connectivity index (χ2v) is 7.28. The molecule has 3 unspecified atom stereocenters. The maximum absolute atomic E-state index is 12.3. The fourth-order valence-electron chi connectivity index (χ4n) is 4.26. The molecule has 1 heterocycles. The van der Waals surface area contributed by atoms with E-state index in [0.29, 0.717) is 30.6 Å². The van der Waals surface area contributed by atoms with E-state index >= 15 is 0 Å². The van der Waals surface area contributed by atoms with Gasteiger partial charge in [-0.2, -0.15) is 5.26 Å². The average Bonchev–Trinajstić information content (AvgIpc) is 3.08. The summed E-state index contributed by atoms with van der Waals surface area (Å²) in [7, 11) is 0. The first-order valence-electron chi connectivity index (χ1n) is 9.35. The lowest BCUT2D eigenvalue weighted by molar-refractivity contribution is -0.123. The zero-order chi connectivity index (χ0) is 17.6. The molecule has 1 amide bonds. The average molecular weight is 341 g/mol. The summed E-state index contributed by atoms with van der Waals surface area (Å²) in [6.45, 7) is 1.83. The fraction of sp³-hybridized carbons (Fsp3) is 0.600. The van der Waals surface area contributed by atoms with E-state index in [1.165, 1.54) is 6.42 Å². The molecule has 1 saturated heterocycles. The highest BCUT2D eigenvalue weighted by molar-refractivity contribution is 5.78. The molecule has 2 N–H and O–H groups in total. The molecule has 1 aliphatic carbocycles. The molecule has 2 aliphatic rings. The maximum Gasteiger partial charge on any atom is 0.234 e. The van der Waals surface area contributed by atoms with Crippen LogP contribution in [0.2, 0.25) is 0 Å². The fourth-order valence-corrected chi connectivity index (χ4v) is 4.26. The SMILES string of the molecule is N#Cc1ccc(CNC(=O)CN2CCCC2C2CCCCC2O)cc1. The van der Waals surface area contributed by atoms with Gasteiger partial charge in [-0.15, -0.1) is 0 Å². The van der Waals surface area contributed by atoms with Gasteiger partial charge >= 0.3 is 0 Å². The number of hydrogen-bond donors (Lipinski definition) is 2. The molecule has 1 aromatic rings. The zero-order valence-corrected chi connectivity index (χ0v) is 14.7. The number of rotatable bonds is 5. The van der Waals surface area contributed by atoms with Gasteiger partial charge in [-0.3, -0.25) is 9.69 Å². The molecule has 0 aromatic heterocycles. The van der Waals surface area contributed by atoms with Gasteiger partial charge in [0.2, 0.25) is 5.91 Å². The number of nitriles is 1. The molecule has 0 spiro atoms. The predicted molar refractivity (Wildman–Crippen MR) is 95.6 cm³/mol. The number of benzene rings is 1. The standard InChI is InChI=1S/C20H27N3O2/c21-12-15-7-9-16(10-8-15)13-22-20(25)14-23-11-3-5-18(23)17-4-1-2-6-19(17)24/h7-10,17-19,24H,1-6,11,13-14H2,(H,22,25). The number of nitrogens with zero attached hydrogens (tertiary/aromatic N) is 2. The first kappa shape index (κ1) is 17.9. The number of likely N-dealkylation sites (tertiary alicyclic amines) is 1. The van der Waals surface area contributed by atoms with Crippen LogP contribution < -0.4 is 5.32 Å². The van der Waals surface area contributed by atoms with Crippen molar-refractivity contribution in [1.29, 1.82) is 5.26 Å². The summed E-state index contributed by atoms with van der Waals surface area (Å²) in [5.41, 5.74) is 1.62. The Morgan fingerprint density at radius 1 is 1.20 bits per heavy atom. The van der Waals surface area contributed by atoms with E-state index in [0.717, 1.165) is 44.2 Å². The number of aliphatic hydroxyl groups is 1. The molecular weight excluding hydrogens is 314 g/mol. The van der Waals surface area contributed by atoms with Crippen molar-refractivity contribution >= 4 is 5.91 Å². The first-order chi connectivity index (χ1) is 12.2. The normalized spacial score (nSPS) is 27.0. The maximum atomic E-state index is 12.3. The third kappa shape index (κ3) is 4.59. The highest BCUT2D eigenvalue weighted by Crippen LogP contribution is 2.34. The van der Waals surface area contributed by atoms with Crippen molar-refractivity contribution in [2.45, 2.75) is 57.2 Å². The van der Waals surface area contributed by atoms with Crippen LogP contribution in [0.5, 0.6) is 0 Å². The van der Waals surface area contributed by atoms with Crippen molar-refractivity contribution in [2.75, 3.05) is 13.1 Å². The monoisotopic (exact) mass is 341 g/mol. The molecule has 25 heavy (non-hydrogen) atoms. The van der Waals surface area contributed by atoms with Crippen molar-refractivity contribution in [3.63, 3.8) is 0 Å². The van der Waals surface area contributed by atoms with E-state index in [9.17, 15) is 9.90 Å². The summed E-state index contributed by atoms with van der Waals surface area (Å²) in [6.07, 6.45) is 6.28. The van der Waals surface area contributed by atoms with Crippen LogP contribution in [0.25, 0.3) is 0 Å². The van der Waals surface area contributed by atoms with Crippen molar-refractivity contribution in [2.24, 2.45) is 5.92 Å². The number of carbonyl (C=O) groups is 1. The molecule has 1 saturated carbocycles. The Bertz CT molecular complexity index is 623. The summed E-state index contributed by atoms with van der Waals surface area (Å²) in [5.74, 6) is 0.351. The lowest BCUT2D eigenvalue weighted by atomic mass is 9.80. The van der Waals surface area contributed by atoms with Crippen molar-refractivity contribution in [3.8, 4) is 6.07 Å². The Kier molecular flexibility index (Phi) is 6.06. The van der Waals surface area contributed by atoms with Gasteiger partial charge in [0.25, 0.3) is 0 Å². The lowest BCUT2D eigenvalue weighted by Gasteiger charge is -2.37. The molecule has 134 valence electrons. The first-order valence-corrected chi connectivity index (χ1v) is 9.35. The van der Waals surface area contributed by atoms with Crippen LogP contribution in [-0.2, 0) is 11.3 Å². The van der Waals surface area contributed by atoms with Gasteiger partial charge in [0.05, 0.1) is 24.3 Å². The predicted octanol–water partition coefficient (Wildman–Crippen LogP) is 2.19. The molecule has 1 aromatic carbocycles. The quantitative estimate of drug-likeness (QED) is 0.861.